The van der Waals surface area contributed by atoms with Crippen LogP contribution in [-0.2, 0) is 9.53 Å². The molecule has 2 unspecified atom stereocenters. The Kier molecular flexibility index (Phi) is 15.6. The predicted octanol–water partition coefficient (Wildman–Crippen LogP) is 6.22. The molecule has 0 spiro atoms. The van der Waals surface area contributed by atoms with Gasteiger partial charge in [0.25, 0.3) is 6.36 Å². The van der Waals surface area contributed by atoms with Crippen molar-refractivity contribution in [3.05, 3.63) is 0 Å². The van der Waals surface area contributed by atoms with Crippen LogP contribution in [0.15, 0.2) is 0 Å². The molecule has 0 aromatic carbocycles. The number of esters is 1. The highest BCUT2D eigenvalue weighted by Crippen LogP contribution is 2.16. The van der Waals surface area contributed by atoms with E-state index in [0.717, 1.165) is 39.0 Å². The van der Waals surface area contributed by atoms with Crippen molar-refractivity contribution in [2.45, 2.75) is 103 Å². The molecule has 23 heavy (non-hydrogen) atoms. The van der Waals surface area contributed by atoms with Gasteiger partial charge in [-0.2, -0.15) is 4.39 Å². The molecular formula is C18H33F3O2. The van der Waals surface area contributed by atoms with Crippen LogP contribution >= 0.6 is 0 Å². The van der Waals surface area contributed by atoms with Crippen LogP contribution in [0.1, 0.15) is 90.4 Å². The van der Waals surface area contributed by atoms with E-state index in [1.165, 1.54) is 32.1 Å². The summed E-state index contributed by atoms with van der Waals surface area (Å²) in [7, 11) is 0. The van der Waals surface area contributed by atoms with Gasteiger partial charge in [0.05, 0.1) is 6.67 Å². The Hall–Kier alpha value is -0.740. The van der Waals surface area contributed by atoms with E-state index in [9.17, 15) is 18.0 Å². The van der Waals surface area contributed by atoms with Gasteiger partial charge in [-0.25, -0.2) is 4.39 Å². The monoisotopic (exact) mass is 338 g/mol. The Bertz CT molecular complexity index is 275. The van der Waals surface area contributed by atoms with Gasteiger partial charge >= 0.3 is 5.97 Å². The van der Waals surface area contributed by atoms with Crippen molar-refractivity contribution in [1.29, 1.82) is 0 Å². The molecule has 138 valence electrons. The summed E-state index contributed by atoms with van der Waals surface area (Å²) < 4.78 is 42.4. The van der Waals surface area contributed by atoms with Gasteiger partial charge in [0.15, 0.2) is 6.17 Å². The molecule has 0 bridgehead atoms. The number of hydrogen-bond donors (Lipinski definition) is 0. The first-order valence-electron chi connectivity index (χ1n) is 9.09. The van der Waals surface area contributed by atoms with Crippen molar-refractivity contribution in [3.63, 3.8) is 0 Å². The van der Waals surface area contributed by atoms with Gasteiger partial charge in [0.2, 0.25) is 0 Å². The third kappa shape index (κ3) is 15.9. The minimum absolute atomic E-state index is 0.104. The number of hydrogen-bond acceptors (Lipinski definition) is 2. The summed E-state index contributed by atoms with van der Waals surface area (Å²) in [5, 5.41) is 0. The topological polar surface area (TPSA) is 26.3 Å². The number of alkyl halides is 3. The summed E-state index contributed by atoms with van der Waals surface area (Å²) in [6.45, 7) is 0.877. The first-order valence-corrected chi connectivity index (χ1v) is 9.09. The van der Waals surface area contributed by atoms with Gasteiger partial charge in [-0.05, 0) is 12.8 Å². The first-order chi connectivity index (χ1) is 11.1. The number of ether oxygens (including phenoxy) is 1. The van der Waals surface area contributed by atoms with Gasteiger partial charge < -0.3 is 4.74 Å². The van der Waals surface area contributed by atoms with E-state index in [1.54, 1.807) is 0 Å². The number of halogens is 3. The Morgan fingerprint density at radius 3 is 1.57 bits per heavy atom. The Morgan fingerprint density at radius 2 is 1.17 bits per heavy atom. The molecule has 0 aliphatic carbocycles. The van der Waals surface area contributed by atoms with E-state index in [0.29, 0.717) is 12.8 Å². The summed E-state index contributed by atoms with van der Waals surface area (Å²) in [6.07, 6.45) is 8.83. The van der Waals surface area contributed by atoms with Crippen molar-refractivity contribution < 1.29 is 22.7 Å². The number of rotatable bonds is 16. The van der Waals surface area contributed by atoms with Gasteiger partial charge in [-0.15, -0.1) is 0 Å². The highest BCUT2D eigenvalue weighted by atomic mass is 19.2. The second kappa shape index (κ2) is 16.1. The zero-order chi connectivity index (χ0) is 17.3. The Labute approximate surface area is 139 Å². The lowest BCUT2D eigenvalue weighted by molar-refractivity contribution is -0.162. The highest BCUT2D eigenvalue weighted by molar-refractivity contribution is 5.66. The SMILES string of the molecule is CC(=O)OC(F)C(F)CCCCCCCCCCCCCCF. The molecule has 0 rings (SSSR count). The Balaban J connectivity index is 3.22. The maximum absolute atomic E-state index is 13.3. The van der Waals surface area contributed by atoms with Crippen LogP contribution in [0.2, 0.25) is 0 Å². The summed E-state index contributed by atoms with van der Waals surface area (Å²) >= 11 is 0. The van der Waals surface area contributed by atoms with E-state index < -0.39 is 18.5 Å². The molecular weight excluding hydrogens is 305 g/mol. The minimum Gasteiger partial charge on any atom is -0.428 e. The van der Waals surface area contributed by atoms with Gasteiger partial charge in [-0.1, -0.05) is 70.6 Å². The van der Waals surface area contributed by atoms with Crippen LogP contribution in [0.4, 0.5) is 13.2 Å². The number of unbranched alkanes of at least 4 members (excludes halogenated alkanes) is 11. The maximum Gasteiger partial charge on any atom is 0.305 e. The van der Waals surface area contributed by atoms with E-state index in [2.05, 4.69) is 4.74 Å². The molecule has 0 amide bonds. The third-order valence-electron chi connectivity index (χ3n) is 3.93. The lowest BCUT2D eigenvalue weighted by Gasteiger charge is -2.13. The fourth-order valence-electron chi connectivity index (χ4n) is 2.57. The summed E-state index contributed by atoms with van der Waals surface area (Å²) in [5.41, 5.74) is 0. The molecule has 0 saturated carbocycles. The van der Waals surface area contributed by atoms with Gasteiger partial charge in [0, 0.05) is 6.92 Å². The summed E-state index contributed by atoms with van der Waals surface area (Å²) in [6, 6.07) is 0. The molecule has 2 nitrogen and oxygen atoms in total. The van der Waals surface area contributed by atoms with Crippen LogP contribution in [0.5, 0.6) is 0 Å². The first kappa shape index (κ1) is 22.3. The quantitative estimate of drug-likeness (QED) is 0.246. The van der Waals surface area contributed by atoms with Crippen molar-refractivity contribution in [1.82, 2.24) is 0 Å². The highest BCUT2D eigenvalue weighted by Gasteiger charge is 2.22. The number of carbonyl (C=O) groups is 1. The van der Waals surface area contributed by atoms with Crippen molar-refractivity contribution in [2.75, 3.05) is 6.67 Å². The van der Waals surface area contributed by atoms with Crippen LogP contribution in [0.25, 0.3) is 0 Å². The van der Waals surface area contributed by atoms with Crippen molar-refractivity contribution in [2.24, 2.45) is 0 Å². The molecule has 0 fully saturated rings. The second-order valence-electron chi connectivity index (χ2n) is 6.20. The minimum atomic E-state index is -2.13. The lowest BCUT2D eigenvalue weighted by atomic mass is 10.0. The van der Waals surface area contributed by atoms with E-state index in [-0.39, 0.29) is 13.1 Å². The zero-order valence-corrected chi connectivity index (χ0v) is 14.5. The number of carbonyl (C=O) groups excluding carboxylic acids is 1. The molecule has 0 saturated heterocycles. The largest absolute Gasteiger partial charge is 0.428 e. The Morgan fingerprint density at radius 1 is 0.783 bits per heavy atom. The molecule has 0 radical (unpaired) electrons. The normalized spacial score (nSPS) is 13.7. The lowest BCUT2D eigenvalue weighted by Crippen LogP contribution is -2.22. The van der Waals surface area contributed by atoms with Crippen LogP contribution < -0.4 is 0 Å². The van der Waals surface area contributed by atoms with Gasteiger partial charge in [-0.3, -0.25) is 9.18 Å². The average molecular weight is 338 g/mol. The van der Waals surface area contributed by atoms with E-state index in [1.807, 2.05) is 0 Å². The van der Waals surface area contributed by atoms with E-state index in [4.69, 9.17) is 0 Å². The predicted molar refractivity (Wildman–Crippen MR) is 87.6 cm³/mol. The molecule has 2 atom stereocenters. The zero-order valence-electron chi connectivity index (χ0n) is 14.5. The molecule has 5 heteroatoms. The summed E-state index contributed by atoms with van der Waals surface area (Å²) in [4.78, 5) is 10.5. The summed E-state index contributed by atoms with van der Waals surface area (Å²) in [5.74, 6) is -0.789. The van der Waals surface area contributed by atoms with E-state index >= 15 is 0 Å². The molecule has 0 aromatic heterocycles. The molecule has 0 aromatic rings. The van der Waals surface area contributed by atoms with Gasteiger partial charge in [0.1, 0.15) is 0 Å². The standard InChI is InChI=1S/C18H33F3O2/c1-16(22)23-18(21)17(20)14-12-10-8-6-4-2-3-5-7-9-11-13-15-19/h17-18H,2-15H2,1H3. The average Bonchev–Trinajstić information content (AvgIpc) is 2.51. The fourth-order valence-corrected chi connectivity index (χ4v) is 2.57. The maximum atomic E-state index is 13.3. The molecule has 0 aliphatic heterocycles. The third-order valence-corrected chi connectivity index (χ3v) is 3.93. The van der Waals surface area contributed by atoms with Crippen molar-refractivity contribution >= 4 is 5.97 Å². The van der Waals surface area contributed by atoms with Crippen molar-refractivity contribution in [3.8, 4) is 0 Å². The molecule has 0 aliphatic rings. The van der Waals surface area contributed by atoms with Crippen LogP contribution in [-0.4, -0.2) is 25.2 Å². The molecule has 0 heterocycles. The molecule has 0 N–H and O–H groups in total. The second-order valence-corrected chi connectivity index (χ2v) is 6.20. The smallest absolute Gasteiger partial charge is 0.305 e. The van der Waals surface area contributed by atoms with Crippen LogP contribution in [0, 0.1) is 0 Å². The fraction of sp³-hybridized carbons (Fsp3) is 0.944. The van der Waals surface area contributed by atoms with Crippen LogP contribution in [0.3, 0.4) is 0 Å².